The average Bonchev–Trinajstić information content (AvgIpc) is 1.49. The number of fused-ring (bicyclic) bond motifs is 7. The maximum Gasteiger partial charge on any atom is 0.389 e. The summed E-state index contributed by atoms with van der Waals surface area (Å²) in [6, 6.07) is 35.7. The van der Waals surface area contributed by atoms with Crippen LogP contribution in [0.1, 0.15) is 63.8 Å². The molecule has 3 aromatic heterocycles. The number of ketones is 4. The van der Waals surface area contributed by atoms with Gasteiger partial charge in [0.05, 0.1) is 25.2 Å². The van der Waals surface area contributed by atoms with Crippen molar-refractivity contribution in [2.24, 2.45) is 16.4 Å². The minimum absolute atomic E-state index is 0.0121. The van der Waals surface area contributed by atoms with Crippen LogP contribution in [-0.4, -0.2) is 59.7 Å². The fourth-order valence-corrected chi connectivity index (χ4v) is 16.3. The molecule has 2 fully saturated rings. The van der Waals surface area contributed by atoms with Gasteiger partial charge >= 0.3 is 30.1 Å². The lowest BCUT2D eigenvalue weighted by Gasteiger charge is -2.30. The van der Waals surface area contributed by atoms with Gasteiger partial charge in [0, 0.05) is 65.8 Å². The zero-order valence-corrected chi connectivity index (χ0v) is 49.9. The number of allylic oxidation sites excluding steroid dienone is 11. The summed E-state index contributed by atoms with van der Waals surface area (Å²) in [5, 5.41) is 3.65. The number of hydrogen-bond donors (Lipinski definition) is 0. The van der Waals surface area contributed by atoms with E-state index < -0.39 is 114 Å². The van der Waals surface area contributed by atoms with E-state index >= 15 is 19.2 Å². The molecule has 1 atom stereocenters. The van der Waals surface area contributed by atoms with Crippen LogP contribution in [0.3, 0.4) is 0 Å². The van der Waals surface area contributed by atoms with E-state index in [2.05, 4.69) is 10.0 Å². The highest BCUT2D eigenvalue weighted by molar-refractivity contribution is 7.39. The first-order valence-electron chi connectivity index (χ1n) is 28.3. The Kier molecular flexibility index (Phi) is 16.5. The Hall–Kier alpha value is -9.92. The van der Waals surface area contributed by atoms with Gasteiger partial charge in [-0.2, -0.15) is 13.2 Å². The number of nitrogens with zero attached hydrogens (tertiary/aromatic N) is 3. The number of alkyl halides is 3. The molecule has 0 N–H and O–H groups in total. The Morgan fingerprint density at radius 3 is 1.63 bits per heavy atom. The third-order valence-corrected chi connectivity index (χ3v) is 19.9. The Balaban J connectivity index is 1.11. The van der Waals surface area contributed by atoms with E-state index in [0.717, 1.165) is 34.8 Å². The van der Waals surface area contributed by atoms with Crippen molar-refractivity contribution in [2.45, 2.75) is 64.2 Å². The van der Waals surface area contributed by atoms with Gasteiger partial charge in [-0.25, -0.2) is 0 Å². The predicted octanol–water partition coefficient (Wildman–Crippen LogP) is 14.1. The molecule has 450 valence electrons. The van der Waals surface area contributed by atoms with Gasteiger partial charge in [-0.3, -0.25) is 38.4 Å². The lowest BCUT2D eigenvalue weighted by atomic mass is 9.75. The van der Waals surface area contributed by atoms with E-state index in [4.69, 9.17) is 24.5 Å². The topological polar surface area (TPSA) is 222 Å². The van der Waals surface area contributed by atoms with Crippen molar-refractivity contribution in [2.75, 3.05) is 6.54 Å². The Bertz CT molecular complexity index is 4420. The fraction of sp³-hybridized carbons (Fsp3) is 0.188. The maximum absolute atomic E-state index is 16.2. The molecule has 0 saturated heterocycles. The number of carbonyl (C=O) groups is 8. The van der Waals surface area contributed by atoms with Crippen LogP contribution in [0.4, 0.5) is 13.2 Å². The summed E-state index contributed by atoms with van der Waals surface area (Å²) in [4.78, 5) is 125. The second-order valence-electron chi connectivity index (χ2n) is 21.6. The van der Waals surface area contributed by atoms with Gasteiger partial charge in [-0.05, 0) is 82.8 Å². The summed E-state index contributed by atoms with van der Waals surface area (Å²) in [6.45, 7) is -0.230. The molecule has 0 unspecified atom stereocenters. The van der Waals surface area contributed by atoms with Crippen LogP contribution in [0.5, 0.6) is 0 Å². The fourth-order valence-electron chi connectivity index (χ4n) is 11.8. The summed E-state index contributed by atoms with van der Waals surface area (Å²) in [5.74, 6) is -8.35. The first-order chi connectivity index (χ1) is 43.5. The molecule has 0 aliphatic heterocycles. The molecule has 3 heterocycles. The molecule has 90 heavy (non-hydrogen) atoms. The van der Waals surface area contributed by atoms with Gasteiger partial charge in [0.2, 0.25) is 10.8 Å². The zero-order valence-electron chi connectivity index (χ0n) is 47.5. The normalized spacial score (nSPS) is 19.1. The van der Waals surface area contributed by atoms with Crippen molar-refractivity contribution < 1.29 is 70.5 Å². The van der Waals surface area contributed by atoms with Crippen molar-refractivity contribution in [1.29, 1.82) is 0 Å². The first-order valence-corrected chi connectivity index (χ1v) is 30.7. The van der Waals surface area contributed by atoms with Crippen LogP contribution in [0.2, 0.25) is 0 Å². The minimum Gasteiger partial charge on any atom is -0.459 e. The highest BCUT2D eigenvalue weighted by atomic mass is 32.1. The summed E-state index contributed by atoms with van der Waals surface area (Å²) in [7, 11) is 0. The molecule has 4 aromatic carbocycles. The highest BCUT2D eigenvalue weighted by Gasteiger charge is 2.70. The second kappa shape index (κ2) is 24.6. The number of Topliss-reactive ketones (excluding diaryl/α,β-unsaturated/α-hetero) is 4. The number of thiophene rings is 3. The summed E-state index contributed by atoms with van der Waals surface area (Å²) in [5.41, 5.74) is 3.13. The minimum atomic E-state index is -4.62. The van der Waals surface area contributed by atoms with Crippen molar-refractivity contribution in [3.8, 4) is 0 Å². The van der Waals surface area contributed by atoms with E-state index in [-0.39, 0.29) is 61.9 Å². The van der Waals surface area contributed by atoms with Crippen LogP contribution < -0.4 is 0 Å². The highest BCUT2D eigenvalue weighted by Crippen LogP contribution is 2.67. The molecule has 5 aliphatic carbocycles. The molecule has 2 saturated carbocycles. The predicted molar refractivity (Wildman–Crippen MR) is 331 cm³/mol. The number of halogens is 3. The number of benzene rings is 4. The molecular formula is C69H48F3N3O12S3. The summed E-state index contributed by atoms with van der Waals surface area (Å²) < 4.78 is 67.6. The van der Waals surface area contributed by atoms with Crippen LogP contribution in [0.15, 0.2) is 214 Å². The van der Waals surface area contributed by atoms with Gasteiger partial charge in [0.1, 0.15) is 26.4 Å². The first kappa shape index (κ1) is 60.4. The van der Waals surface area contributed by atoms with Crippen molar-refractivity contribution in [3.63, 3.8) is 0 Å². The standard InChI is InChI=1S/C69H48F3N3O12S3/c1-2-45-46(24-15-27-67(70,71)72)56(77)49(55(45)76)29-43-30-51-53(68(43,63(80)84-34-38-16-7-3-8-17-38)64(81)85-35-39-18-9-4-10-19-39)60-54(69(51,65(82)86-36-40-20-11-5-12-21-40)66(83)87-37-41-22-13-6-14-23-41)61-62(90-60)59-52(89-61)32-44(88-59)31-50-57(78)47-26-25-42(33-74-75-73)28-48(47)58(50)79/h2-14,16-24,26,28-32,42H,15,25,27,33-37H2,1H3/b45-2+,46-24+,49-29-,50-31+/t42-/m1/s1. The van der Waals surface area contributed by atoms with Gasteiger partial charge < -0.3 is 18.9 Å². The van der Waals surface area contributed by atoms with Crippen LogP contribution in [0, 0.1) is 11.3 Å². The molecule has 0 amide bonds. The second-order valence-corrected chi connectivity index (χ2v) is 24.7. The van der Waals surface area contributed by atoms with Gasteiger partial charge in [-0.1, -0.05) is 157 Å². The summed E-state index contributed by atoms with van der Waals surface area (Å²) >= 11 is 3.32. The number of ether oxygens (including phenoxy) is 4. The molecule has 15 nitrogen and oxygen atoms in total. The maximum atomic E-state index is 16.2. The SMILES string of the molecule is C/C=C1/C(=O)/C(=C/C2=CC3=C(c4sc5c(sc6cc(/C=C7\C(=O)C8=CC[C@@H](CN=[N+]=[N-])C=C8C7=O)sc65)c4C3(C(=O)OCc3ccccc3)C(=O)OCc3ccccc3)C2(C(=O)OCc2ccccc2)C(=O)OCc2ccccc2)C(=O)/C1=C/CCC(F)(F)F. The van der Waals surface area contributed by atoms with E-state index in [1.54, 1.807) is 140 Å². The molecule has 0 bridgehead atoms. The number of hydrogen-bond acceptors (Lipinski definition) is 16. The Morgan fingerprint density at radius 2 is 1.12 bits per heavy atom. The van der Waals surface area contributed by atoms with Gasteiger partial charge in [0.15, 0.2) is 23.1 Å². The molecule has 5 aliphatic rings. The molecular weight excluding hydrogens is 1220 g/mol. The Labute approximate surface area is 522 Å². The third kappa shape index (κ3) is 10.7. The molecule has 0 radical (unpaired) electrons. The number of esters is 4. The number of carbonyl (C=O) groups excluding carboxylic acids is 8. The van der Waals surface area contributed by atoms with Crippen LogP contribution >= 0.6 is 34.0 Å². The van der Waals surface area contributed by atoms with Gasteiger partial charge in [-0.15, -0.1) is 34.0 Å². The summed E-state index contributed by atoms with van der Waals surface area (Å²) in [6.07, 6.45) is 3.00. The van der Waals surface area contributed by atoms with E-state index in [0.29, 0.717) is 52.4 Å². The number of azide groups is 1. The van der Waals surface area contributed by atoms with E-state index in [1.807, 2.05) is 0 Å². The smallest absolute Gasteiger partial charge is 0.389 e. The van der Waals surface area contributed by atoms with E-state index in [1.165, 1.54) is 36.5 Å². The average molecular weight is 1260 g/mol. The molecule has 12 rings (SSSR count). The lowest BCUT2D eigenvalue weighted by molar-refractivity contribution is -0.167. The largest absolute Gasteiger partial charge is 0.459 e. The van der Waals surface area contributed by atoms with Crippen molar-refractivity contribution >= 4 is 111 Å². The van der Waals surface area contributed by atoms with Crippen LogP contribution in [0.25, 0.3) is 40.9 Å². The third-order valence-electron chi connectivity index (χ3n) is 16.1. The van der Waals surface area contributed by atoms with Crippen molar-refractivity contribution in [3.05, 3.63) is 256 Å². The quantitative estimate of drug-likeness (QED) is 0.0114. The lowest BCUT2D eigenvalue weighted by Crippen LogP contribution is -2.46. The molecule has 0 spiro atoms. The van der Waals surface area contributed by atoms with Crippen molar-refractivity contribution in [1.82, 2.24) is 0 Å². The number of rotatable bonds is 18. The monoisotopic (exact) mass is 1260 g/mol. The van der Waals surface area contributed by atoms with Gasteiger partial charge in [0.25, 0.3) is 0 Å². The van der Waals surface area contributed by atoms with E-state index in [9.17, 15) is 32.3 Å². The Morgan fingerprint density at radius 1 is 0.622 bits per heavy atom. The molecule has 21 heteroatoms. The molecule has 7 aromatic rings. The van der Waals surface area contributed by atoms with Crippen LogP contribution in [-0.2, 0) is 89.1 Å². The zero-order chi connectivity index (χ0) is 63.1.